The quantitative estimate of drug-likeness (QED) is 0.780. The predicted octanol–water partition coefficient (Wildman–Crippen LogP) is 3.94. The number of nitrogens with zero attached hydrogens (tertiary/aromatic N) is 2. The van der Waals surface area contributed by atoms with Gasteiger partial charge in [0.15, 0.2) is 0 Å². The number of pyridine rings is 1. The van der Waals surface area contributed by atoms with Crippen LogP contribution in [0.4, 0.5) is 5.82 Å². The fraction of sp³-hybridized carbons (Fsp3) is 0.706. The maximum Gasteiger partial charge on any atom is 0.129 e. The van der Waals surface area contributed by atoms with Gasteiger partial charge in [0.1, 0.15) is 5.82 Å². The van der Waals surface area contributed by atoms with Crippen molar-refractivity contribution in [1.29, 1.82) is 0 Å². The summed E-state index contributed by atoms with van der Waals surface area (Å²) in [6, 6.07) is 5.03. The molecule has 3 nitrogen and oxygen atoms in total. The molecule has 1 aromatic heterocycles. The van der Waals surface area contributed by atoms with E-state index in [1.165, 1.54) is 11.3 Å². The molecule has 1 N–H and O–H groups in total. The Hall–Kier alpha value is -1.09. The average Bonchev–Trinajstić information content (AvgIpc) is 2.45. The monoisotopic (exact) mass is 277 g/mol. The molecule has 0 saturated carbocycles. The van der Waals surface area contributed by atoms with E-state index in [0.717, 1.165) is 31.7 Å². The molecule has 0 saturated heterocycles. The van der Waals surface area contributed by atoms with E-state index >= 15 is 0 Å². The molecule has 0 atom stereocenters. The van der Waals surface area contributed by atoms with Gasteiger partial charge in [-0.3, -0.25) is 0 Å². The number of anilines is 1. The first-order chi connectivity index (χ1) is 9.53. The van der Waals surface area contributed by atoms with Crippen molar-refractivity contribution in [3.63, 3.8) is 0 Å². The Morgan fingerprint density at radius 2 is 1.80 bits per heavy atom. The molecule has 114 valence electrons. The summed E-state index contributed by atoms with van der Waals surface area (Å²) >= 11 is 0. The van der Waals surface area contributed by atoms with Crippen molar-refractivity contribution in [2.45, 2.75) is 66.0 Å². The number of hydrogen-bond donors (Lipinski definition) is 1. The van der Waals surface area contributed by atoms with Crippen LogP contribution in [0.15, 0.2) is 12.1 Å². The fourth-order valence-electron chi connectivity index (χ4n) is 2.47. The van der Waals surface area contributed by atoms with Crippen molar-refractivity contribution in [1.82, 2.24) is 10.3 Å². The van der Waals surface area contributed by atoms with Gasteiger partial charge in [-0.25, -0.2) is 4.98 Å². The first-order valence-electron chi connectivity index (χ1n) is 7.97. The summed E-state index contributed by atoms with van der Waals surface area (Å²) < 4.78 is 0. The number of rotatable bonds is 8. The molecule has 3 heteroatoms. The molecular weight excluding hydrogens is 246 g/mol. The minimum atomic E-state index is 0.463. The second kappa shape index (κ2) is 8.25. The maximum atomic E-state index is 4.86. The molecule has 0 aliphatic rings. The SMILES string of the molecule is CCNCc1cc(C(C)C)nc(N(C)C(CC)CC)c1. The molecule has 1 heterocycles. The number of hydrogen-bond acceptors (Lipinski definition) is 3. The summed E-state index contributed by atoms with van der Waals surface area (Å²) in [5.74, 6) is 1.57. The van der Waals surface area contributed by atoms with Crippen LogP contribution in [0.3, 0.4) is 0 Å². The van der Waals surface area contributed by atoms with E-state index in [1.807, 2.05) is 0 Å². The third-order valence-electron chi connectivity index (χ3n) is 3.91. The molecule has 0 fully saturated rings. The van der Waals surface area contributed by atoms with Gasteiger partial charge in [0.05, 0.1) is 0 Å². The lowest BCUT2D eigenvalue weighted by Crippen LogP contribution is -2.31. The minimum absolute atomic E-state index is 0.463. The molecule has 0 bridgehead atoms. The standard InChI is InChI=1S/C17H31N3/c1-7-15(8-2)20(6)17-11-14(12-18-9-3)10-16(19-17)13(4)5/h10-11,13,15,18H,7-9,12H2,1-6H3. The van der Waals surface area contributed by atoms with Gasteiger partial charge in [-0.2, -0.15) is 0 Å². The molecule has 0 unspecified atom stereocenters. The van der Waals surface area contributed by atoms with Crippen molar-refractivity contribution >= 4 is 5.82 Å². The zero-order valence-electron chi connectivity index (χ0n) is 14.0. The lowest BCUT2D eigenvalue weighted by Gasteiger charge is -2.28. The van der Waals surface area contributed by atoms with Gasteiger partial charge in [0, 0.05) is 25.3 Å². The van der Waals surface area contributed by atoms with Crippen molar-refractivity contribution in [2.75, 3.05) is 18.5 Å². The normalized spacial score (nSPS) is 11.4. The second-order valence-electron chi connectivity index (χ2n) is 5.77. The molecule has 20 heavy (non-hydrogen) atoms. The van der Waals surface area contributed by atoms with E-state index in [0.29, 0.717) is 12.0 Å². The Morgan fingerprint density at radius 1 is 1.15 bits per heavy atom. The van der Waals surface area contributed by atoms with E-state index in [9.17, 15) is 0 Å². The van der Waals surface area contributed by atoms with Crippen LogP contribution >= 0.6 is 0 Å². The van der Waals surface area contributed by atoms with Crippen LogP contribution in [0.5, 0.6) is 0 Å². The predicted molar refractivity (Wildman–Crippen MR) is 88.5 cm³/mol. The highest BCUT2D eigenvalue weighted by atomic mass is 15.2. The van der Waals surface area contributed by atoms with Crippen LogP contribution in [0, 0.1) is 0 Å². The average molecular weight is 277 g/mol. The van der Waals surface area contributed by atoms with Crippen LogP contribution < -0.4 is 10.2 Å². The molecule has 0 aliphatic carbocycles. The first-order valence-corrected chi connectivity index (χ1v) is 7.97. The van der Waals surface area contributed by atoms with Crippen molar-refractivity contribution < 1.29 is 0 Å². The molecular formula is C17H31N3. The van der Waals surface area contributed by atoms with Gasteiger partial charge >= 0.3 is 0 Å². The highest BCUT2D eigenvalue weighted by Gasteiger charge is 2.15. The zero-order valence-corrected chi connectivity index (χ0v) is 14.0. The molecule has 0 radical (unpaired) electrons. The first kappa shape index (κ1) is 17.0. The molecule has 0 aliphatic heterocycles. The molecule has 1 rings (SSSR count). The topological polar surface area (TPSA) is 28.2 Å². The highest BCUT2D eigenvalue weighted by molar-refractivity contribution is 5.43. The lowest BCUT2D eigenvalue weighted by molar-refractivity contribution is 0.584. The van der Waals surface area contributed by atoms with E-state index in [2.05, 4.69) is 64.0 Å². The van der Waals surface area contributed by atoms with Gasteiger partial charge in [-0.05, 0) is 43.0 Å². The number of nitrogens with one attached hydrogen (secondary N) is 1. The van der Waals surface area contributed by atoms with E-state index in [-0.39, 0.29) is 0 Å². The Labute approximate surface area is 124 Å². The van der Waals surface area contributed by atoms with Crippen LogP contribution in [0.2, 0.25) is 0 Å². The summed E-state index contributed by atoms with van der Waals surface area (Å²) in [5.41, 5.74) is 2.52. The largest absolute Gasteiger partial charge is 0.357 e. The third-order valence-corrected chi connectivity index (χ3v) is 3.91. The van der Waals surface area contributed by atoms with E-state index in [4.69, 9.17) is 4.98 Å². The van der Waals surface area contributed by atoms with Gasteiger partial charge in [-0.15, -0.1) is 0 Å². The van der Waals surface area contributed by atoms with Crippen LogP contribution in [-0.2, 0) is 6.54 Å². The highest BCUT2D eigenvalue weighted by Crippen LogP contribution is 2.22. The van der Waals surface area contributed by atoms with Gasteiger partial charge in [0.25, 0.3) is 0 Å². The summed E-state index contributed by atoms with van der Waals surface area (Å²) in [5, 5.41) is 3.41. The summed E-state index contributed by atoms with van der Waals surface area (Å²) in [4.78, 5) is 7.19. The molecule has 1 aromatic rings. The summed E-state index contributed by atoms with van der Waals surface area (Å²) in [7, 11) is 2.17. The van der Waals surface area contributed by atoms with Crippen LogP contribution in [0.25, 0.3) is 0 Å². The summed E-state index contributed by atoms with van der Waals surface area (Å²) in [6.45, 7) is 13.0. The smallest absolute Gasteiger partial charge is 0.129 e. The van der Waals surface area contributed by atoms with Gasteiger partial charge in [-0.1, -0.05) is 34.6 Å². The van der Waals surface area contributed by atoms with Gasteiger partial charge in [0.2, 0.25) is 0 Å². The van der Waals surface area contributed by atoms with Crippen molar-refractivity contribution in [3.8, 4) is 0 Å². The van der Waals surface area contributed by atoms with E-state index < -0.39 is 0 Å². The lowest BCUT2D eigenvalue weighted by atomic mass is 10.1. The molecule has 0 spiro atoms. The number of aromatic nitrogens is 1. The second-order valence-corrected chi connectivity index (χ2v) is 5.77. The third kappa shape index (κ3) is 4.48. The Bertz CT molecular complexity index is 397. The Morgan fingerprint density at radius 3 is 2.30 bits per heavy atom. The Kier molecular flexibility index (Phi) is 7.00. The Balaban J connectivity index is 3.07. The molecule has 0 amide bonds. The molecule has 0 aromatic carbocycles. The van der Waals surface area contributed by atoms with Crippen molar-refractivity contribution in [2.24, 2.45) is 0 Å². The van der Waals surface area contributed by atoms with E-state index in [1.54, 1.807) is 0 Å². The van der Waals surface area contributed by atoms with Crippen molar-refractivity contribution in [3.05, 3.63) is 23.4 Å². The minimum Gasteiger partial charge on any atom is -0.357 e. The fourth-order valence-corrected chi connectivity index (χ4v) is 2.47. The zero-order chi connectivity index (χ0) is 15.1. The summed E-state index contributed by atoms with van der Waals surface area (Å²) in [6.07, 6.45) is 2.31. The van der Waals surface area contributed by atoms with Crippen LogP contribution in [0.1, 0.15) is 64.6 Å². The van der Waals surface area contributed by atoms with Gasteiger partial charge < -0.3 is 10.2 Å². The van der Waals surface area contributed by atoms with Crippen LogP contribution in [-0.4, -0.2) is 24.6 Å². The maximum absolute atomic E-state index is 4.86.